The summed E-state index contributed by atoms with van der Waals surface area (Å²) in [5.41, 5.74) is 6.25. The Labute approximate surface area is 171 Å². The first kappa shape index (κ1) is 25.0. The maximum absolute atomic E-state index is 10.7. The van der Waals surface area contributed by atoms with Gasteiger partial charge in [-0.2, -0.15) is 0 Å². The molecular formula is C20H25BF4N2O3. The highest BCUT2D eigenvalue weighted by Gasteiger charge is 2.28. The smallest absolute Gasteiger partial charge is 0.507 e. The molecule has 2 aromatic carbocycles. The highest BCUT2D eigenvalue weighted by Crippen LogP contribution is 2.42. The third-order valence-corrected chi connectivity index (χ3v) is 4.44. The number of aromatic nitrogens is 2. The molecule has 0 aliphatic rings. The Balaban J connectivity index is 0.000000674. The minimum absolute atomic E-state index is 0. The quantitative estimate of drug-likeness (QED) is 0.432. The van der Waals surface area contributed by atoms with Crippen LogP contribution in [0.15, 0.2) is 36.8 Å². The molecule has 0 radical (unpaired) electrons. The summed E-state index contributed by atoms with van der Waals surface area (Å²) in [5, 5.41) is 21.4. The molecule has 0 saturated carbocycles. The van der Waals surface area contributed by atoms with Gasteiger partial charge in [-0.05, 0) is 38.8 Å². The summed E-state index contributed by atoms with van der Waals surface area (Å²) in [6.07, 6.45) is 3.60. The highest BCUT2D eigenvalue weighted by molar-refractivity contribution is 6.50. The van der Waals surface area contributed by atoms with Crippen LogP contribution in [-0.2, 0) is 0 Å². The third-order valence-electron chi connectivity index (χ3n) is 4.44. The lowest BCUT2D eigenvalue weighted by molar-refractivity contribution is -0.376. The third kappa shape index (κ3) is 6.25. The van der Waals surface area contributed by atoms with E-state index in [4.69, 9.17) is 0 Å². The predicted molar refractivity (Wildman–Crippen MR) is 107 cm³/mol. The SMILES string of the molecule is Cc1cc(C)c(O)c(C(c2c[nH+]c[nH]2)c2cc(C)cc(C)c2O)c1.F[B-](F)(F)F.O. The minimum atomic E-state index is -6.00. The molecule has 0 amide bonds. The molecule has 0 fully saturated rings. The molecule has 0 atom stereocenters. The molecule has 6 N–H and O–H groups in total. The van der Waals surface area contributed by atoms with Gasteiger partial charge in [0, 0.05) is 11.1 Å². The van der Waals surface area contributed by atoms with E-state index >= 15 is 0 Å². The lowest BCUT2D eigenvalue weighted by atomic mass is 9.84. The Bertz CT molecular complexity index is 929. The summed E-state index contributed by atoms with van der Waals surface area (Å²) < 4.78 is 39.0. The van der Waals surface area contributed by atoms with E-state index in [0.717, 1.165) is 39.1 Å². The number of nitrogens with one attached hydrogen (secondary N) is 2. The summed E-state index contributed by atoms with van der Waals surface area (Å²) in [4.78, 5) is 6.22. The van der Waals surface area contributed by atoms with Gasteiger partial charge in [0.2, 0.25) is 6.33 Å². The summed E-state index contributed by atoms with van der Waals surface area (Å²) in [5.74, 6) is 0.242. The number of hydrogen-bond acceptors (Lipinski definition) is 2. The molecule has 0 aliphatic heterocycles. The molecular weight excluding hydrogens is 403 g/mol. The number of phenols is 2. The van der Waals surface area contributed by atoms with E-state index in [9.17, 15) is 27.5 Å². The number of rotatable bonds is 3. The number of aromatic hydroxyl groups is 2. The van der Waals surface area contributed by atoms with Crippen molar-refractivity contribution in [3.8, 4) is 11.5 Å². The van der Waals surface area contributed by atoms with Crippen molar-refractivity contribution in [2.45, 2.75) is 33.6 Å². The van der Waals surface area contributed by atoms with E-state index < -0.39 is 7.25 Å². The summed E-state index contributed by atoms with van der Waals surface area (Å²) in [6.45, 7) is 7.81. The molecule has 0 saturated heterocycles. The van der Waals surface area contributed by atoms with Crippen molar-refractivity contribution in [3.05, 3.63) is 75.9 Å². The lowest BCUT2D eigenvalue weighted by Gasteiger charge is -2.20. The standard InChI is InChI=1S/C20H22N2O2.BF4.H2O/c1-11-5-13(3)19(23)15(7-11)18(17-9-21-10-22-17)16-8-12(2)6-14(4)20(16)24;2-1(3,4)5;/h5-10,18,23-24H,1-4H3,(H,21,22);;1H2/q;-1;/p+1. The number of halogens is 4. The van der Waals surface area contributed by atoms with E-state index in [0.29, 0.717) is 0 Å². The van der Waals surface area contributed by atoms with Gasteiger partial charge >= 0.3 is 7.25 Å². The zero-order valence-electron chi connectivity index (χ0n) is 17.0. The fraction of sp³-hybridized carbons (Fsp3) is 0.250. The number of aryl methyl sites for hydroxylation is 4. The van der Waals surface area contributed by atoms with Gasteiger partial charge in [-0.1, -0.05) is 35.4 Å². The zero-order chi connectivity index (χ0) is 21.9. The lowest BCUT2D eigenvalue weighted by Crippen LogP contribution is -2.07. The minimum Gasteiger partial charge on any atom is -0.507 e. The molecule has 5 nitrogen and oxygen atoms in total. The largest absolute Gasteiger partial charge is 0.673 e. The highest BCUT2D eigenvalue weighted by atomic mass is 19.5. The van der Waals surface area contributed by atoms with Crippen LogP contribution in [0.5, 0.6) is 11.5 Å². The van der Waals surface area contributed by atoms with Crippen molar-refractivity contribution in [1.29, 1.82) is 0 Å². The Morgan fingerprint density at radius 1 is 0.833 bits per heavy atom. The normalized spacial score (nSPS) is 11.0. The fourth-order valence-corrected chi connectivity index (χ4v) is 3.39. The van der Waals surface area contributed by atoms with Gasteiger partial charge in [0.15, 0.2) is 5.69 Å². The molecule has 1 heterocycles. The number of benzene rings is 2. The van der Waals surface area contributed by atoms with Crippen molar-refractivity contribution in [2.75, 3.05) is 0 Å². The second kappa shape index (κ2) is 9.66. The van der Waals surface area contributed by atoms with Crippen LogP contribution in [0, 0.1) is 27.7 Å². The van der Waals surface area contributed by atoms with E-state index in [1.165, 1.54) is 0 Å². The van der Waals surface area contributed by atoms with Crippen molar-refractivity contribution in [2.24, 2.45) is 0 Å². The van der Waals surface area contributed by atoms with Gasteiger partial charge in [-0.25, -0.2) is 4.98 Å². The Morgan fingerprint density at radius 3 is 1.57 bits per heavy atom. The maximum Gasteiger partial charge on any atom is 0.673 e. The predicted octanol–water partition coefficient (Wildman–Crippen LogP) is 4.13. The number of hydrogen-bond donors (Lipinski definition) is 3. The van der Waals surface area contributed by atoms with Gasteiger partial charge < -0.3 is 33.0 Å². The van der Waals surface area contributed by atoms with Gasteiger partial charge in [-0.3, -0.25) is 4.98 Å². The van der Waals surface area contributed by atoms with E-state index in [2.05, 4.69) is 9.97 Å². The molecule has 0 bridgehead atoms. The van der Waals surface area contributed by atoms with Crippen LogP contribution in [0.4, 0.5) is 17.3 Å². The fourth-order valence-electron chi connectivity index (χ4n) is 3.39. The van der Waals surface area contributed by atoms with Gasteiger partial charge in [-0.15, -0.1) is 0 Å². The summed E-state index contributed by atoms with van der Waals surface area (Å²) >= 11 is 0. The molecule has 10 heteroatoms. The van der Waals surface area contributed by atoms with Gasteiger partial charge in [0.25, 0.3) is 0 Å². The van der Waals surface area contributed by atoms with E-state index in [1.54, 1.807) is 6.33 Å². The molecule has 0 spiro atoms. The zero-order valence-corrected chi connectivity index (χ0v) is 17.0. The Hall–Kier alpha value is -3.01. The van der Waals surface area contributed by atoms with Crippen LogP contribution in [0.1, 0.15) is 45.0 Å². The second-order valence-electron chi connectivity index (χ2n) is 7.02. The average Bonchev–Trinajstić information content (AvgIpc) is 3.09. The molecule has 1 aromatic heterocycles. The Morgan fingerprint density at radius 2 is 1.23 bits per heavy atom. The van der Waals surface area contributed by atoms with Gasteiger partial charge in [0.05, 0.1) is 5.92 Å². The average molecular weight is 428 g/mol. The van der Waals surface area contributed by atoms with Crippen molar-refractivity contribution < 1.29 is 37.9 Å². The number of phenolic OH excluding ortho intramolecular Hbond substituents is 2. The number of H-pyrrole nitrogens is 2. The van der Waals surface area contributed by atoms with Crippen LogP contribution in [0.3, 0.4) is 0 Å². The van der Waals surface area contributed by atoms with Crippen molar-refractivity contribution >= 4 is 7.25 Å². The Kier molecular flexibility index (Phi) is 8.06. The first-order chi connectivity index (χ1) is 13.4. The number of aromatic amines is 2. The summed E-state index contributed by atoms with van der Waals surface area (Å²) in [6, 6.07) is 7.87. The molecule has 164 valence electrons. The molecule has 30 heavy (non-hydrogen) atoms. The van der Waals surface area contributed by atoms with Gasteiger partial charge in [0.1, 0.15) is 17.7 Å². The van der Waals surface area contributed by atoms with Crippen LogP contribution >= 0.6 is 0 Å². The summed E-state index contributed by atoms with van der Waals surface area (Å²) in [7, 11) is -6.00. The van der Waals surface area contributed by atoms with E-state index in [-0.39, 0.29) is 22.9 Å². The maximum atomic E-state index is 10.7. The van der Waals surface area contributed by atoms with Crippen LogP contribution in [0.25, 0.3) is 0 Å². The molecule has 3 aromatic rings. The van der Waals surface area contributed by atoms with Crippen LogP contribution in [0.2, 0.25) is 0 Å². The molecule has 3 rings (SSSR count). The monoisotopic (exact) mass is 428 g/mol. The van der Waals surface area contributed by atoms with E-state index in [1.807, 2.05) is 58.2 Å². The topological polar surface area (TPSA) is 102 Å². The molecule has 0 unspecified atom stereocenters. The first-order valence-corrected chi connectivity index (χ1v) is 8.90. The number of imidazole rings is 1. The second-order valence-corrected chi connectivity index (χ2v) is 7.02. The van der Waals surface area contributed by atoms with Crippen molar-refractivity contribution in [3.63, 3.8) is 0 Å². The van der Waals surface area contributed by atoms with Crippen LogP contribution < -0.4 is 4.98 Å². The van der Waals surface area contributed by atoms with Crippen LogP contribution in [-0.4, -0.2) is 27.9 Å². The van der Waals surface area contributed by atoms with Crippen molar-refractivity contribution in [1.82, 2.24) is 4.98 Å². The first-order valence-electron chi connectivity index (χ1n) is 8.90. The molecule has 0 aliphatic carbocycles.